The number of carbonyl (C=O) groups excluding carboxylic acids is 2. The van der Waals surface area contributed by atoms with Crippen LogP contribution in [0.4, 0.5) is 21.5 Å². The highest BCUT2D eigenvalue weighted by molar-refractivity contribution is 7.92. The van der Waals surface area contributed by atoms with E-state index in [9.17, 15) is 22.4 Å². The minimum Gasteiger partial charge on any atom is -0.326 e. The monoisotopic (exact) mass is 393 g/mol. The Morgan fingerprint density at radius 2 is 1.78 bits per heavy atom. The lowest BCUT2D eigenvalue weighted by molar-refractivity contribution is -0.115. The summed E-state index contributed by atoms with van der Waals surface area (Å²) in [6.07, 6.45) is 0.991. The smallest absolute Gasteiger partial charge is 0.245 e. The van der Waals surface area contributed by atoms with Crippen LogP contribution in [0, 0.1) is 12.7 Å². The third-order valence-corrected chi connectivity index (χ3v) is 4.76. The van der Waals surface area contributed by atoms with Crippen molar-refractivity contribution in [3.63, 3.8) is 0 Å². The summed E-state index contributed by atoms with van der Waals surface area (Å²) in [5, 5.41) is 4.83. The molecular weight excluding hydrogens is 373 g/mol. The SMILES string of the molecule is CC(=O)Nc1ccc(F)c(NC(=O)CN(c2ccccc2C)S(C)(=O)=O)c1. The standard InChI is InChI=1S/C18H20FN3O4S/c1-12-6-4-5-7-17(12)22(27(3,25)26)11-18(24)21-16-10-14(20-13(2)23)8-9-15(16)19/h4-10H,11H2,1-3H3,(H,20,23)(H,21,24). The van der Waals surface area contributed by atoms with Crippen molar-refractivity contribution in [2.24, 2.45) is 0 Å². The maximum absolute atomic E-state index is 14.0. The Kier molecular flexibility index (Phi) is 6.17. The molecule has 0 heterocycles. The average Bonchev–Trinajstić information content (AvgIpc) is 2.55. The fourth-order valence-electron chi connectivity index (χ4n) is 2.45. The number of hydrogen-bond donors (Lipinski definition) is 2. The molecule has 2 aromatic carbocycles. The fourth-order valence-corrected chi connectivity index (χ4v) is 3.36. The predicted octanol–water partition coefficient (Wildman–Crippen LogP) is 2.50. The summed E-state index contributed by atoms with van der Waals surface area (Å²) in [5.41, 5.74) is 1.18. The van der Waals surface area contributed by atoms with E-state index >= 15 is 0 Å². The maximum atomic E-state index is 14.0. The second-order valence-electron chi connectivity index (χ2n) is 5.98. The van der Waals surface area contributed by atoms with Gasteiger partial charge in [-0.15, -0.1) is 0 Å². The molecule has 0 spiro atoms. The summed E-state index contributed by atoms with van der Waals surface area (Å²) in [6, 6.07) is 10.4. The van der Waals surface area contributed by atoms with E-state index in [1.165, 1.54) is 19.1 Å². The molecule has 2 aromatic rings. The van der Waals surface area contributed by atoms with Crippen molar-refractivity contribution in [2.45, 2.75) is 13.8 Å². The zero-order chi connectivity index (χ0) is 20.2. The first-order chi connectivity index (χ1) is 12.6. The number of carbonyl (C=O) groups is 2. The largest absolute Gasteiger partial charge is 0.326 e. The lowest BCUT2D eigenvalue weighted by atomic mass is 10.2. The summed E-state index contributed by atoms with van der Waals surface area (Å²) in [6.45, 7) is 2.50. The number of rotatable bonds is 6. The molecule has 0 saturated heterocycles. The zero-order valence-corrected chi connectivity index (χ0v) is 15.9. The molecule has 0 saturated carbocycles. The molecule has 2 rings (SSSR count). The van der Waals surface area contributed by atoms with Crippen molar-refractivity contribution in [1.29, 1.82) is 0 Å². The van der Waals surface area contributed by atoms with Gasteiger partial charge < -0.3 is 10.6 Å². The molecule has 2 N–H and O–H groups in total. The quantitative estimate of drug-likeness (QED) is 0.788. The van der Waals surface area contributed by atoms with E-state index in [2.05, 4.69) is 10.6 Å². The molecule has 7 nitrogen and oxygen atoms in total. The van der Waals surface area contributed by atoms with Crippen LogP contribution in [0.15, 0.2) is 42.5 Å². The summed E-state index contributed by atoms with van der Waals surface area (Å²) in [7, 11) is -3.74. The number of benzene rings is 2. The molecular formula is C18H20FN3O4S. The predicted molar refractivity (Wildman–Crippen MR) is 103 cm³/mol. The molecule has 0 aliphatic carbocycles. The van der Waals surface area contributed by atoms with Crippen molar-refractivity contribution >= 4 is 38.9 Å². The molecule has 0 aliphatic heterocycles. The minimum absolute atomic E-state index is 0.163. The highest BCUT2D eigenvalue weighted by Crippen LogP contribution is 2.23. The van der Waals surface area contributed by atoms with Gasteiger partial charge in [-0.1, -0.05) is 18.2 Å². The Morgan fingerprint density at radius 1 is 1.11 bits per heavy atom. The third kappa shape index (κ3) is 5.52. The first-order valence-electron chi connectivity index (χ1n) is 7.98. The van der Waals surface area contributed by atoms with Crippen LogP contribution in [0.5, 0.6) is 0 Å². The molecule has 0 bridgehead atoms. The number of sulfonamides is 1. The van der Waals surface area contributed by atoms with Gasteiger partial charge in [-0.2, -0.15) is 0 Å². The van der Waals surface area contributed by atoms with Gasteiger partial charge in [0.1, 0.15) is 12.4 Å². The van der Waals surface area contributed by atoms with E-state index in [0.29, 0.717) is 16.9 Å². The molecule has 144 valence electrons. The number of halogens is 1. The van der Waals surface area contributed by atoms with Gasteiger partial charge >= 0.3 is 0 Å². The van der Waals surface area contributed by atoms with Crippen LogP contribution in [-0.4, -0.2) is 33.0 Å². The third-order valence-electron chi connectivity index (χ3n) is 3.63. The molecule has 27 heavy (non-hydrogen) atoms. The molecule has 0 fully saturated rings. The van der Waals surface area contributed by atoms with Crippen LogP contribution in [0.2, 0.25) is 0 Å². The summed E-state index contributed by atoms with van der Waals surface area (Å²) < 4.78 is 39.2. The van der Waals surface area contributed by atoms with Gasteiger partial charge in [0.25, 0.3) is 0 Å². The number of para-hydroxylation sites is 1. The van der Waals surface area contributed by atoms with Gasteiger partial charge in [0.2, 0.25) is 21.8 Å². The van der Waals surface area contributed by atoms with Gasteiger partial charge in [-0.25, -0.2) is 12.8 Å². The van der Waals surface area contributed by atoms with Gasteiger partial charge in [-0.05, 0) is 36.8 Å². The number of nitrogens with one attached hydrogen (secondary N) is 2. The van der Waals surface area contributed by atoms with Crippen LogP contribution < -0.4 is 14.9 Å². The van der Waals surface area contributed by atoms with E-state index in [1.807, 2.05) is 0 Å². The Labute approximate surface area is 157 Å². The Hall–Kier alpha value is -2.94. The normalized spacial score (nSPS) is 11.0. The first kappa shape index (κ1) is 20.4. The molecule has 0 unspecified atom stereocenters. The van der Waals surface area contributed by atoms with Crippen molar-refractivity contribution in [1.82, 2.24) is 0 Å². The molecule has 0 aromatic heterocycles. The topological polar surface area (TPSA) is 95.6 Å². The molecule has 9 heteroatoms. The maximum Gasteiger partial charge on any atom is 0.245 e. The molecule has 0 aliphatic rings. The number of hydrogen-bond acceptors (Lipinski definition) is 4. The van der Waals surface area contributed by atoms with E-state index in [4.69, 9.17) is 0 Å². The number of nitrogens with zero attached hydrogens (tertiary/aromatic N) is 1. The van der Waals surface area contributed by atoms with Crippen molar-refractivity contribution in [3.8, 4) is 0 Å². The average molecular weight is 393 g/mol. The Balaban J connectivity index is 2.25. The number of anilines is 3. The summed E-state index contributed by atoms with van der Waals surface area (Å²) >= 11 is 0. The highest BCUT2D eigenvalue weighted by Gasteiger charge is 2.22. The van der Waals surface area contributed by atoms with E-state index in [1.54, 1.807) is 31.2 Å². The van der Waals surface area contributed by atoms with Gasteiger partial charge in [0.15, 0.2) is 0 Å². The van der Waals surface area contributed by atoms with Crippen LogP contribution in [0.1, 0.15) is 12.5 Å². The van der Waals surface area contributed by atoms with Gasteiger partial charge in [0.05, 0.1) is 17.6 Å². The highest BCUT2D eigenvalue weighted by atomic mass is 32.2. The van der Waals surface area contributed by atoms with Crippen molar-refractivity contribution in [3.05, 3.63) is 53.8 Å². The van der Waals surface area contributed by atoms with Crippen LogP contribution in [-0.2, 0) is 19.6 Å². The van der Waals surface area contributed by atoms with E-state index in [-0.39, 0.29) is 11.6 Å². The molecule has 0 atom stereocenters. The minimum atomic E-state index is -3.74. The van der Waals surface area contributed by atoms with Crippen molar-refractivity contribution < 1.29 is 22.4 Å². The molecule has 2 amide bonds. The summed E-state index contributed by atoms with van der Waals surface area (Å²) in [4.78, 5) is 23.5. The summed E-state index contributed by atoms with van der Waals surface area (Å²) in [5.74, 6) is -1.77. The Bertz CT molecular complexity index is 976. The number of amides is 2. The fraction of sp³-hybridized carbons (Fsp3) is 0.222. The van der Waals surface area contributed by atoms with Gasteiger partial charge in [0, 0.05) is 12.6 Å². The first-order valence-corrected chi connectivity index (χ1v) is 9.83. The lowest BCUT2D eigenvalue weighted by Gasteiger charge is -2.23. The van der Waals surface area contributed by atoms with Crippen LogP contribution >= 0.6 is 0 Å². The van der Waals surface area contributed by atoms with Crippen LogP contribution in [0.3, 0.4) is 0 Å². The second kappa shape index (κ2) is 8.17. The molecule has 0 radical (unpaired) electrons. The van der Waals surface area contributed by atoms with Gasteiger partial charge in [-0.3, -0.25) is 13.9 Å². The second-order valence-corrected chi connectivity index (χ2v) is 7.89. The number of aryl methyl sites for hydroxylation is 1. The zero-order valence-electron chi connectivity index (χ0n) is 15.1. The van der Waals surface area contributed by atoms with Crippen molar-refractivity contribution in [2.75, 3.05) is 27.7 Å². The van der Waals surface area contributed by atoms with E-state index < -0.39 is 28.3 Å². The lowest BCUT2D eigenvalue weighted by Crippen LogP contribution is -2.38. The Morgan fingerprint density at radius 3 is 2.37 bits per heavy atom. The van der Waals surface area contributed by atoms with Crippen LogP contribution in [0.25, 0.3) is 0 Å². The van der Waals surface area contributed by atoms with E-state index in [0.717, 1.165) is 16.6 Å².